The lowest BCUT2D eigenvalue weighted by Crippen LogP contribution is -2.32. The molecule has 154 valence electrons. The highest BCUT2D eigenvalue weighted by Crippen LogP contribution is 2.18. The van der Waals surface area contributed by atoms with Gasteiger partial charge in [-0.1, -0.05) is 42.5 Å². The first-order valence-electron chi connectivity index (χ1n) is 9.28. The third-order valence-corrected chi connectivity index (χ3v) is 4.24. The lowest BCUT2D eigenvalue weighted by atomic mass is 10.1. The van der Waals surface area contributed by atoms with E-state index in [0.717, 1.165) is 11.1 Å². The quantitative estimate of drug-likeness (QED) is 0.620. The fourth-order valence-corrected chi connectivity index (χ4v) is 2.67. The Labute approximate surface area is 174 Å². The van der Waals surface area contributed by atoms with Gasteiger partial charge in [0, 0.05) is 32.3 Å². The van der Waals surface area contributed by atoms with Crippen LogP contribution in [0.1, 0.15) is 5.56 Å². The largest absolute Gasteiger partial charge is 0.480 e. The number of carbonyl (C=O) groups is 2. The summed E-state index contributed by atoms with van der Waals surface area (Å²) in [6.07, 6.45) is 1.33. The number of aromatic nitrogens is 2. The molecule has 1 aromatic heterocycles. The van der Waals surface area contributed by atoms with Gasteiger partial charge in [-0.3, -0.25) is 0 Å². The predicted octanol–water partition coefficient (Wildman–Crippen LogP) is 3.31. The van der Waals surface area contributed by atoms with Crippen LogP contribution in [0.4, 0.5) is 10.6 Å². The van der Waals surface area contributed by atoms with Crippen LogP contribution in [0.15, 0.2) is 66.9 Å². The van der Waals surface area contributed by atoms with E-state index in [9.17, 15) is 14.7 Å². The molecule has 3 rings (SSSR count). The number of benzene rings is 2. The minimum atomic E-state index is -1.00. The van der Waals surface area contributed by atoms with Gasteiger partial charge < -0.3 is 20.1 Å². The number of carbonyl (C=O) groups excluding carboxylic acids is 1. The molecular formula is C22H22N4O4. The summed E-state index contributed by atoms with van der Waals surface area (Å²) in [5.41, 5.74) is 1.62. The minimum absolute atomic E-state index is 0.224. The number of aliphatic carboxylic acids is 1. The van der Waals surface area contributed by atoms with Crippen molar-refractivity contribution in [3.05, 3.63) is 72.4 Å². The van der Waals surface area contributed by atoms with Crippen molar-refractivity contribution in [2.75, 3.05) is 19.4 Å². The molecular weight excluding hydrogens is 384 g/mol. The van der Waals surface area contributed by atoms with Gasteiger partial charge in [0.05, 0.1) is 0 Å². The van der Waals surface area contributed by atoms with Crippen molar-refractivity contribution in [2.24, 2.45) is 0 Å². The third-order valence-electron chi connectivity index (χ3n) is 4.24. The van der Waals surface area contributed by atoms with Gasteiger partial charge in [-0.05, 0) is 23.8 Å². The van der Waals surface area contributed by atoms with E-state index >= 15 is 0 Å². The van der Waals surface area contributed by atoms with Gasteiger partial charge in [-0.15, -0.1) is 0 Å². The molecule has 2 aromatic carbocycles. The standard InChI is InChI=1S/C22H22N4O4/c1-26(2)22(29)30-17-10-8-15(9-11-17)14-18(21(27)28)24-19-12-13-23-20(25-19)16-6-4-3-5-7-16/h3-13,18H,14H2,1-2H3,(H,27,28)(H,23,24,25)/t18-/m0/s1. The number of rotatable bonds is 7. The van der Waals surface area contributed by atoms with Crippen molar-refractivity contribution < 1.29 is 19.4 Å². The molecule has 8 nitrogen and oxygen atoms in total. The maximum Gasteiger partial charge on any atom is 0.414 e. The number of hydrogen-bond donors (Lipinski definition) is 2. The van der Waals surface area contributed by atoms with Gasteiger partial charge in [0.1, 0.15) is 17.6 Å². The Balaban J connectivity index is 1.70. The molecule has 0 bridgehead atoms. The lowest BCUT2D eigenvalue weighted by Gasteiger charge is -2.16. The molecule has 0 unspecified atom stereocenters. The van der Waals surface area contributed by atoms with Crippen LogP contribution in [-0.2, 0) is 11.2 Å². The van der Waals surface area contributed by atoms with Crippen LogP contribution in [-0.4, -0.2) is 52.2 Å². The van der Waals surface area contributed by atoms with E-state index in [1.54, 1.807) is 50.6 Å². The van der Waals surface area contributed by atoms with Crippen LogP contribution in [0.25, 0.3) is 11.4 Å². The molecule has 1 amide bonds. The first-order chi connectivity index (χ1) is 14.4. The monoisotopic (exact) mass is 406 g/mol. The van der Waals surface area contributed by atoms with E-state index in [0.29, 0.717) is 17.4 Å². The number of anilines is 1. The fraction of sp³-hybridized carbons (Fsp3) is 0.182. The van der Waals surface area contributed by atoms with Gasteiger partial charge in [-0.2, -0.15) is 0 Å². The molecule has 8 heteroatoms. The average molecular weight is 406 g/mol. The maximum atomic E-state index is 11.8. The van der Waals surface area contributed by atoms with Crippen LogP contribution in [0, 0.1) is 0 Å². The van der Waals surface area contributed by atoms with Crippen molar-refractivity contribution >= 4 is 17.9 Å². The smallest absolute Gasteiger partial charge is 0.414 e. The Bertz CT molecular complexity index is 1010. The number of hydrogen-bond acceptors (Lipinski definition) is 6. The van der Waals surface area contributed by atoms with Crippen molar-refractivity contribution in [3.63, 3.8) is 0 Å². The highest BCUT2D eigenvalue weighted by molar-refractivity contribution is 5.77. The normalized spacial score (nSPS) is 11.4. The van der Waals surface area contributed by atoms with E-state index in [4.69, 9.17) is 4.74 Å². The average Bonchev–Trinajstić information content (AvgIpc) is 2.75. The van der Waals surface area contributed by atoms with Gasteiger partial charge in [-0.25, -0.2) is 19.6 Å². The van der Waals surface area contributed by atoms with Crippen molar-refractivity contribution in [2.45, 2.75) is 12.5 Å². The summed E-state index contributed by atoms with van der Waals surface area (Å²) < 4.78 is 5.17. The van der Waals surface area contributed by atoms with Gasteiger partial charge >= 0.3 is 12.1 Å². The molecule has 2 N–H and O–H groups in total. The molecule has 3 aromatic rings. The zero-order valence-electron chi connectivity index (χ0n) is 16.6. The Morgan fingerprint density at radius 3 is 2.40 bits per heavy atom. The number of amides is 1. The molecule has 0 radical (unpaired) electrons. The predicted molar refractivity (Wildman–Crippen MR) is 112 cm³/mol. The molecule has 0 aliphatic heterocycles. The Hall–Kier alpha value is -3.94. The summed E-state index contributed by atoms with van der Waals surface area (Å²) in [6, 6.07) is 16.9. The summed E-state index contributed by atoms with van der Waals surface area (Å²) in [6.45, 7) is 0. The van der Waals surface area contributed by atoms with E-state index < -0.39 is 18.1 Å². The van der Waals surface area contributed by atoms with Crippen molar-refractivity contribution in [1.29, 1.82) is 0 Å². The van der Waals surface area contributed by atoms with Crippen LogP contribution >= 0.6 is 0 Å². The van der Waals surface area contributed by atoms with E-state index in [1.807, 2.05) is 30.3 Å². The highest BCUT2D eigenvalue weighted by atomic mass is 16.6. The molecule has 0 aliphatic rings. The number of nitrogens with zero attached hydrogens (tertiary/aromatic N) is 3. The Kier molecular flexibility index (Phi) is 6.59. The SMILES string of the molecule is CN(C)C(=O)Oc1ccc(C[C@H](Nc2ccnc(-c3ccccc3)n2)C(=O)O)cc1. The summed E-state index contributed by atoms with van der Waals surface area (Å²) in [7, 11) is 3.19. The van der Waals surface area contributed by atoms with E-state index in [2.05, 4.69) is 15.3 Å². The summed E-state index contributed by atoms with van der Waals surface area (Å²) in [4.78, 5) is 33.4. The van der Waals surface area contributed by atoms with Gasteiger partial charge in [0.2, 0.25) is 0 Å². The van der Waals surface area contributed by atoms with E-state index in [-0.39, 0.29) is 6.42 Å². The van der Waals surface area contributed by atoms with Crippen LogP contribution in [0.3, 0.4) is 0 Å². The molecule has 0 spiro atoms. The summed E-state index contributed by atoms with van der Waals surface area (Å²) in [5, 5.41) is 12.6. The molecule has 0 aliphatic carbocycles. The highest BCUT2D eigenvalue weighted by Gasteiger charge is 2.19. The topological polar surface area (TPSA) is 105 Å². The van der Waals surface area contributed by atoms with Crippen LogP contribution < -0.4 is 10.1 Å². The number of carboxylic acids is 1. The van der Waals surface area contributed by atoms with Crippen LogP contribution in [0.5, 0.6) is 5.75 Å². The first-order valence-corrected chi connectivity index (χ1v) is 9.28. The number of carboxylic acid groups (broad SMARTS) is 1. The number of ether oxygens (including phenoxy) is 1. The first kappa shape index (κ1) is 20.8. The van der Waals surface area contributed by atoms with Gasteiger partial charge in [0.15, 0.2) is 5.82 Å². The zero-order chi connectivity index (χ0) is 21.5. The second-order valence-electron chi connectivity index (χ2n) is 6.78. The van der Waals surface area contributed by atoms with Crippen molar-refractivity contribution in [1.82, 2.24) is 14.9 Å². The Morgan fingerprint density at radius 2 is 1.77 bits per heavy atom. The summed E-state index contributed by atoms with van der Waals surface area (Å²) >= 11 is 0. The van der Waals surface area contributed by atoms with Gasteiger partial charge in [0.25, 0.3) is 0 Å². The Morgan fingerprint density at radius 1 is 1.07 bits per heavy atom. The minimum Gasteiger partial charge on any atom is -0.480 e. The summed E-state index contributed by atoms with van der Waals surface area (Å²) in [5.74, 6) is 0.322. The molecule has 0 saturated carbocycles. The fourth-order valence-electron chi connectivity index (χ4n) is 2.67. The molecule has 0 fully saturated rings. The number of nitrogens with one attached hydrogen (secondary N) is 1. The molecule has 0 saturated heterocycles. The lowest BCUT2D eigenvalue weighted by molar-refractivity contribution is -0.137. The molecule has 30 heavy (non-hydrogen) atoms. The third kappa shape index (κ3) is 5.54. The zero-order valence-corrected chi connectivity index (χ0v) is 16.6. The second kappa shape index (κ2) is 9.51. The maximum absolute atomic E-state index is 11.8. The second-order valence-corrected chi connectivity index (χ2v) is 6.78. The van der Waals surface area contributed by atoms with Crippen LogP contribution in [0.2, 0.25) is 0 Å². The molecule has 1 heterocycles. The van der Waals surface area contributed by atoms with Crippen molar-refractivity contribution in [3.8, 4) is 17.1 Å². The van der Waals surface area contributed by atoms with E-state index in [1.165, 1.54) is 4.90 Å². The molecule has 1 atom stereocenters.